The van der Waals surface area contributed by atoms with Gasteiger partial charge in [0.1, 0.15) is 79.4 Å². The molecule has 3 aliphatic rings. The maximum absolute atomic E-state index is 11.6. The lowest BCUT2D eigenvalue weighted by molar-refractivity contribution is -0.339. The van der Waals surface area contributed by atoms with E-state index >= 15 is 0 Å². The Hall–Kier alpha value is -0.600. The molecule has 0 saturated carbocycles. The molecule has 15 heteroatoms. The molecule has 2 unspecified atom stereocenters. The third-order valence-corrected chi connectivity index (χ3v) is 6.49. The summed E-state index contributed by atoms with van der Waals surface area (Å²) < 4.78 is 16.1. The Morgan fingerprint density at radius 3 is 1.58 bits per heavy atom. The molecule has 15 nitrogen and oxygen atoms in total. The van der Waals surface area contributed by atoms with Crippen LogP contribution in [-0.2, 0) is 14.2 Å². The molecule has 33 heavy (non-hydrogen) atoms. The molecule has 0 spiro atoms. The summed E-state index contributed by atoms with van der Waals surface area (Å²) in [6.07, 6.45) is -25.7. The highest BCUT2D eigenvalue weighted by Crippen LogP contribution is 2.46. The van der Waals surface area contributed by atoms with Gasteiger partial charge in [-0.25, -0.2) is 0 Å². The molecule has 0 aromatic rings. The minimum absolute atomic E-state index is 0.859. The second-order valence-electron chi connectivity index (χ2n) is 8.46. The molecule has 14 atom stereocenters. The molecule has 193 valence electrons. The zero-order valence-electron chi connectivity index (χ0n) is 17.2. The first-order valence-electron chi connectivity index (χ1n) is 10.3. The average molecular weight is 487 g/mol. The highest BCUT2D eigenvalue weighted by molar-refractivity contribution is 5.24. The van der Waals surface area contributed by atoms with Crippen molar-refractivity contribution in [2.75, 3.05) is 19.8 Å². The van der Waals surface area contributed by atoms with Gasteiger partial charge in [-0.3, -0.25) is 0 Å². The molecule has 0 aliphatic carbocycles. The lowest BCUT2D eigenvalue weighted by Gasteiger charge is -2.57. The summed E-state index contributed by atoms with van der Waals surface area (Å²) in [5.74, 6) is 0. The predicted molar refractivity (Wildman–Crippen MR) is 99.7 cm³/mol. The highest BCUT2D eigenvalue weighted by atomic mass is 16.6. The molecule has 3 fully saturated rings. The molecule has 0 amide bonds. The van der Waals surface area contributed by atoms with Crippen LogP contribution in [-0.4, -0.2) is 166 Å². The van der Waals surface area contributed by atoms with Crippen LogP contribution < -0.4 is 0 Å². The van der Waals surface area contributed by atoms with Gasteiger partial charge < -0.3 is 75.5 Å². The fraction of sp³-hybridized carbons (Fsp3) is 0.944. The summed E-state index contributed by atoms with van der Waals surface area (Å²) in [6, 6.07) is 0. The van der Waals surface area contributed by atoms with Crippen LogP contribution in [0.5, 0.6) is 0 Å². The normalized spacial score (nSPS) is 54.4. The maximum Gasteiger partial charge on any atom is 0.166 e. The minimum atomic E-state index is -3.04. The van der Waals surface area contributed by atoms with Gasteiger partial charge in [-0.2, -0.15) is 0 Å². The molecule has 12 N–H and O–H groups in total. The van der Waals surface area contributed by atoms with E-state index in [0.29, 0.717) is 0 Å². The van der Waals surface area contributed by atoms with Gasteiger partial charge in [0.2, 0.25) is 0 Å². The summed E-state index contributed by atoms with van der Waals surface area (Å²) >= 11 is 0. The molecule has 3 heterocycles. The Bertz CT molecular complexity index is 650. The van der Waals surface area contributed by atoms with Gasteiger partial charge in [-0.05, 0) is 0 Å². The smallest absolute Gasteiger partial charge is 0.166 e. The summed E-state index contributed by atoms with van der Waals surface area (Å²) in [6.45, 7) is -2.67. The Labute approximate surface area is 187 Å². The SMILES string of the molecule is OC[C@H]1OC([C]2O[C@H](CO)[C@@H](O)[C@H](O)[C@]2(O)C2O[C@H](CO)[C@H](O)[C@H](O)[C@H]2O)[C@H](O)[C@@H](O)[C@H]1O. The van der Waals surface area contributed by atoms with Gasteiger partial charge >= 0.3 is 0 Å². The molecule has 0 aromatic heterocycles. The van der Waals surface area contributed by atoms with Crippen molar-refractivity contribution in [1.82, 2.24) is 0 Å². The lowest BCUT2D eigenvalue weighted by Crippen LogP contribution is -2.77. The molecular formula is C18H31O15. The fourth-order valence-electron chi connectivity index (χ4n) is 4.47. The third kappa shape index (κ3) is 4.31. The Balaban J connectivity index is 2.07. The van der Waals surface area contributed by atoms with Gasteiger partial charge in [0.05, 0.1) is 19.8 Å². The maximum atomic E-state index is 11.6. The number of ether oxygens (including phenoxy) is 3. The zero-order chi connectivity index (χ0) is 24.8. The van der Waals surface area contributed by atoms with Crippen molar-refractivity contribution in [1.29, 1.82) is 0 Å². The summed E-state index contributed by atoms with van der Waals surface area (Å²) in [7, 11) is 0. The topological polar surface area (TPSA) is 270 Å². The van der Waals surface area contributed by atoms with Gasteiger partial charge in [0.15, 0.2) is 11.7 Å². The van der Waals surface area contributed by atoms with E-state index in [1.54, 1.807) is 0 Å². The first kappa shape index (κ1) is 27.0. The number of hydrogen-bond acceptors (Lipinski definition) is 15. The largest absolute Gasteiger partial charge is 0.394 e. The number of aliphatic hydroxyl groups excluding tert-OH is 11. The number of hydrogen-bond donors (Lipinski definition) is 12. The summed E-state index contributed by atoms with van der Waals surface area (Å²) in [5.41, 5.74) is -3.04. The quantitative estimate of drug-likeness (QED) is 0.172. The van der Waals surface area contributed by atoms with Crippen molar-refractivity contribution in [2.24, 2.45) is 0 Å². The van der Waals surface area contributed by atoms with E-state index in [2.05, 4.69) is 0 Å². The van der Waals surface area contributed by atoms with Crippen molar-refractivity contribution in [3.05, 3.63) is 6.10 Å². The molecule has 3 aliphatic heterocycles. The number of rotatable bonds is 5. The second kappa shape index (κ2) is 10.2. The average Bonchev–Trinajstić information content (AvgIpc) is 2.80. The minimum Gasteiger partial charge on any atom is -0.394 e. The van der Waals surface area contributed by atoms with Crippen LogP contribution in [0.2, 0.25) is 0 Å². The van der Waals surface area contributed by atoms with Gasteiger partial charge in [-0.15, -0.1) is 0 Å². The standard InChI is InChI=1S/C18H31O15/c19-1-4-7(22)10(25)12(27)14(31-4)17-18(30,15(29)9(24)6(3-21)33-17)16-13(28)11(26)8(23)5(2-20)32-16/h4-16,19-30H,1-3H2/t4-,5-,6-,7+,8+,9-,10+,11+,12-,13-,14?,15+,16?,18+/m1/s1. The monoisotopic (exact) mass is 487 g/mol. The van der Waals surface area contributed by atoms with E-state index in [1.807, 2.05) is 0 Å². The predicted octanol–water partition coefficient (Wildman–Crippen LogP) is -7.95. The molecular weight excluding hydrogens is 456 g/mol. The molecule has 3 saturated heterocycles. The molecule has 1 radical (unpaired) electrons. The third-order valence-electron chi connectivity index (χ3n) is 6.49. The van der Waals surface area contributed by atoms with E-state index in [0.717, 1.165) is 0 Å². The zero-order valence-corrected chi connectivity index (χ0v) is 17.2. The van der Waals surface area contributed by atoms with E-state index in [9.17, 15) is 61.3 Å². The number of aliphatic hydroxyl groups is 12. The van der Waals surface area contributed by atoms with Crippen molar-refractivity contribution in [2.45, 2.75) is 85.0 Å². The Morgan fingerprint density at radius 2 is 1.06 bits per heavy atom. The van der Waals surface area contributed by atoms with Crippen LogP contribution in [0, 0.1) is 6.10 Å². The van der Waals surface area contributed by atoms with Gasteiger partial charge in [-0.1, -0.05) is 0 Å². The van der Waals surface area contributed by atoms with Crippen molar-refractivity contribution >= 4 is 0 Å². The van der Waals surface area contributed by atoms with Crippen molar-refractivity contribution < 1.29 is 75.5 Å². The second-order valence-corrected chi connectivity index (χ2v) is 8.46. The van der Waals surface area contributed by atoms with Crippen LogP contribution in [0.15, 0.2) is 0 Å². The summed E-state index contributed by atoms with van der Waals surface area (Å²) in [5, 5.41) is 123. The fourth-order valence-corrected chi connectivity index (χ4v) is 4.47. The first-order chi connectivity index (χ1) is 15.4. The van der Waals surface area contributed by atoms with Crippen LogP contribution in [0.3, 0.4) is 0 Å². The van der Waals surface area contributed by atoms with Crippen molar-refractivity contribution in [3.8, 4) is 0 Å². The van der Waals surface area contributed by atoms with Gasteiger partial charge in [0, 0.05) is 0 Å². The first-order valence-corrected chi connectivity index (χ1v) is 10.3. The Morgan fingerprint density at radius 1 is 0.576 bits per heavy atom. The lowest BCUT2D eigenvalue weighted by atomic mass is 9.71. The van der Waals surface area contributed by atoms with Gasteiger partial charge in [0.25, 0.3) is 0 Å². The van der Waals surface area contributed by atoms with Crippen molar-refractivity contribution in [3.63, 3.8) is 0 Å². The van der Waals surface area contributed by atoms with Crippen LogP contribution >= 0.6 is 0 Å². The molecule has 0 bridgehead atoms. The molecule has 0 aromatic carbocycles. The van der Waals surface area contributed by atoms with Crippen LogP contribution in [0.25, 0.3) is 0 Å². The van der Waals surface area contributed by atoms with Crippen LogP contribution in [0.1, 0.15) is 0 Å². The Kier molecular flexibility index (Phi) is 8.32. The summed E-state index contributed by atoms with van der Waals surface area (Å²) in [4.78, 5) is 0. The molecule has 3 rings (SSSR count). The highest BCUT2D eigenvalue weighted by Gasteiger charge is 2.68. The van der Waals surface area contributed by atoms with E-state index in [-0.39, 0.29) is 0 Å². The van der Waals surface area contributed by atoms with E-state index in [4.69, 9.17) is 14.2 Å². The van der Waals surface area contributed by atoms with Crippen LogP contribution in [0.4, 0.5) is 0 Å². The van der Waals surface area contributed by atoms with E-state index in [1.165, 1.54) is 0 Å². The van der Waals surface area contributed by atoms with E-state index < -0.39 is 111 Å².